The van der Waals surface area contributed by atoms with Crippen LogP contribution in [-0.4, -0.2) is 22.0 Å². The van der Waals surface area contributed by atoms with Crippen LogP contribution >= 0.6 is 0 Å². The minimum absolute atomic E-state index is 0.0176. The van der Waals surface area contributed by atoms with Crippen LogP contribution in [0.3, 0.4) is 0 Å². The summed E-state index contributed by atoms with van der Waals surface area (Å²) in [4.78, 5) is 36.5. The molecule has 3 aromatic carbocycles. The van der Waals surface area contributed by atoms with E-state index in [0.717, 1.165) is 10.8 Å². The van der Waals surface area contributed by atoms with Gasteiger partial charge in [-0.15, -0.1) is 0 Å². The lowest BCUT2D eigenvalue weighted by atomic mass is 10.1. The van der Waals surface area contributed by atoms with Crippen molar-refractivity contribution < 1.29 is 9.59 Å². The molecule has 4 rings (SSSR count). The molecule has 0 fully saturated rings. The molecule has 7 nitrogen and oxygen atoms in total. The van der Waals surface area contributed by atoms with Gasteiger partial charge in [0.15, 0.2) is 5.69 Å². The highest BCUT2D eigenvalue weighted by Crippen LogP contribution is 2.15. The third-order valence-electron chi connectivity index (χ3n) is 4.21. The summed E-state index contributed by atoms with van der Waals surface area (Å²) in [5, 5.41) is 8.77. The third kappa shape index (κ3) is 3.13. The molecule has 0 aliphatic rings. The Labute approximate surface area is 153 Å². The van der Waals surface area contributed by atoms with Crippen molar-refractivity contribution >= 4 is 33.4 Å². The minimum Gasteiger partial charge on any atom is -0.267 e. The van der Waals surface area contributed by atoms with Crippen LogP contribution in [-0.2, 0) is 0 Å². The number of aromatic nitrogens is 2. The van der Waals surface area contributed by atoms with Gasteiger partial charge >= 0.3 is 0 Å². The lowest BCUT2D eigenvalue weighted by Gasteiger charge is -2.09. The van der Waals surface area contributed by atoms with E-state index < -0.39 is 11.8 Å². The number of nitrogens with zero attached hydrogens (tertiary/aromatic N) is 1. The Hall–Kier alpha value is -4.00. The fraction of sp³-hybridized carbons (Fsp3) is 0. The molecule has 132 valence electrons. The molecule has 1 heterocycles. The van der Waals surface area contributed by atoms with Crippen LogP contribution in [0.25, 0.3) is 21.5 Å². The van der Waals surface area contributed by atoms with Crippen molar-refractivity contribution in [3.05, 3.63) is 88.3 Å². The monoisotopic (exact) mass is 358 g/mol. The Balaban J connectivity index is 1.54. The van der Waals surface area contributed by atoms with Gasteiger partial charge in [-0.2, -0.15) is 5.10 Å². The molecule has 0 atom stereocenters. The van der Waals surface area contributed by atoms with Crippen molar-refractivity contribution in [1.29, 1.82) is 0 Å². The van der Waals surface area contributed by atoms with Gasteiger partial charge in [0, 0.05) is 10.9 Å². The molecule has 0 saturated heterocycles. The molecular weight excluding hydrogens is 344 g/mol. The number of hydrogen-bond donors (Lipinski definition) is 3. The standard InChI is InChI=1S/C20H14N4O3/c25-18(14-10-9-12-5-1-2-6-13(12)11-14)22-24-20(27)17-15-7-3-4-8-16(15)19(26)23-21-17/h1-11H,(H,22,25)(H,23,26)(H,24,27). The molecule has 0 saturated carbocycles. The number of aromatic amines is 1. The smallest absolute Gasteiger partial charge is 0.267 e. The van der Waals surface area contributed by atoms with Crippen LogP contribution in [0.2, 0.25) is 0 Å². The number of hydrogen-bond acceptors (Lipinski definition) is 4. The van der Waals surface area contributed by atoms with Gasteiger partial charge in [-0.25, -0.2) is 5.10 Å². The molecule has 3 N–H and O–H groups in total. The third-order valence-corrected chi connectivity index (χ3v) is 4.21. The van der Waals surface area contributed by atoms with E-state index in [0.29, 0.717) is 16.3 Å². The summed E-state index contributed by atoms with van der Waals surface area (Å²) in [5.41, 5.74) is 4.75. The molecule has 2 amide bonds. The second-order valence-electron chi connectivity index (χ2n) is 5.92. The summed E-state index contributed by atoms with van der Waals surface area (Å²) in [7, 11) is 0. The van der Waals surface area contributed by atoms with Crippen molar-refractivity contribution in [1.82, 2.24) is 21.0 Å². The lowest BCUT2D eigenvalue weighted by Crippen LogP contribution is -2.42. The second-order valence-corrected chi connectivity index (χ2v) is 5.92. The summed E-state index contributed by atoms with van der Waals surface area (Å²) in [5.74, 6) is -1.08. The summed E-state index contributed by atoms with van der Waals surface area (Å²) in [6.07, 6.45) is 0. The molecule has 0 radical (unpaired) electrons. The maximum atomic E-state index is 12.4. The Kier molecular flexibility index (Phi) is 4.10. The first-order chi connectivity index (χ1) is 13.1. The normalized spacial score (nSPS) is 10.7. The van der Waals surface area contributed by atoms with Gasteiger partial charge in [0.1, 0.15) is 0 Å². The topological polar surface area (TPSA) is 104 Å². The summed E-state index contributed by atoms with van der Waals surface area (Å²) in [6, 6.07) is 19.5. The van der Waals surface area contributed by atoms with E-state index in [4.69, 9.17) is 0 Å². The SMILES string of the molecule is O=C(NNC(=O)c1n[nH]c(=O)c2ccccc12)c1ccc2ccccc2c1. The zero-order chi connectivity index (χ0) is 18.8. The van der Waals surface area contributed by atoms with Gasteiger partial charge in [0.05, 0.1) is 5.39 Å². The number of carbonyl (C=O) groups is 2. The van der Waals surface area contributed by atoms with Gasteiger partial charge in [-0.1, -0.05) is 48.5 Å². The fourth-order valence-corrected chi connectivity index (χ4v) is 2.86. The largest absolute Gasteiger partial charge is 0.290 e. The van der Waals surface area contributed by atoms with Crippen molar-refractivity contribution in [2.24, 2.45) is 0 Å². The predicted octanol–water partition coefficient (Wildman–Crippen LogP) is 2.15. The zero-order valence-electron chi connectivity index (χ0n) is 14.0. The van der Waals surface area contributed by atoms with Crippen LogP contribution in [0.4, 0.5) is 0 Å². The first-order valence-electron chi connectivity index (χ1n) is 8.20. The molecule has 7 heteroatoms. The van der Waals surface area contributed by atoms with Gasteiger partial charge in [0.2, 0.25) is 0 Å². The fourth-order valence-electron chi connectivity index (χ4n) is 2.86. The highest BCUT2D eigenvalue weighted by Gasteiger charge is 2.15. The van der Waals surface area contributed by atoms with Crippen LogP contribution in [0, 0.1) is 0 Å². The molecule has 0 bridgehead atoms. The predicted molar refractivity (Wildman–Crippen MR) is 101 cm³/mol. The minimum atomic E-state index is -0.628. The molecular formula is C20H14N4O3. The summed E-state index contributed by atoms with van der Waals surface area (Å²) >= 11 is 0. The first-order valence-corrected chi connectivity index (χ1v) is 8.20. The van der Waals surface area contributed by atoms with Crippen molar-refractivity contribution in [3.63, 3.8) is 0 Å². The van der Waals surface area contributed by atoms with Gasteiger partial charge in [-0.3, -0.25) is 25.2 Å². The van der Waals surface area contributed by atoms with Crippen molar-refractivity contribution in [2.45, 2.75) is 0 Å². The quantitative estimate of drug-likeness (QED) is 0.478. The van der Waals surface area contributed by atoms with Gasteiger partial charge in [-0.05, 0) is 29.0 Å². The highest BCUT2D eigenvalue weighted by atomic mass is 16.2. The number of fused-ring (bicyclic) bond motifs is 2. The maximum Gasteiger partial charge on any atom is 0.290 e. The summed E-state index contributed by atoms with van der Waals surface area (Å²) in [6.45, 7) is 0. The molecule has 1 aromatic heterocycles. The van der Waals surface area contributed by atoms with Crippen molar-refractivity contribution in [3.8, 4) is 0 Å². The van der Waals surface area contributed by atoms with Crippen LogP contribution < -0.4 is 16.4 Å². The van der Waals surface area contributed by atoms with Gasteiger partial charge < -0.3 is 0 Å². The molecule has 27 heavy (non-hydrogen) atoms. The highest BCUT2D eigenvalue weighted by molar-refractivity contribution is 6.06. The number of H-pyrrole nitrogens is 1. The number of hydrazine groups is 1. The Morgan fingerprint density at radius 3 is 2.26 bits per heavy atom. The van der Waals surface area contributed by atoms with Crippen LogP contribution in [0.1, 0.15) is 20.8 Å². The van der Waals surface area contributed by atoms with E-state index in [-0.39, 0.29) is 11.3 Å². The van der Waals surface area contributed by atoms with Crippen molar-refractivity contribution in [2.75, 3.05) is 0 Å². The van der Waals surface area contributed by atoms with Crippen LogP contribution in [0.15, 0.2) is 71.5 Å². The Bertz CT molecular complexity index is 1250. The molecule has 0 unspecified atom stereocenters. The average molecular weight is 358 g/mol. The lowest BCUT2D eigenvalue weighted by molar-refractivity contribution is 0.0844. The number of rotatable bonds is 2. The maximum absolute atomic E-state index is 12.4. The Morgan fingerprint density at radius 2 is 1.44 bits per heavy atom. The van der Waals surface area contributed by atoms with E-state index in [9.17, 15) is 14.4 Å². The molecule has 0 spiro atoms. The molecule has 0 aliphatic carbocycles. The van der Waals surface area contributed by atoms with Gasteiger partial charge in [0.25, 0.3) is 17.4 Å². The average Bonchev–Trinajstić information content (AvgIpc) is 2.72. The van der Waals surface area contributed by atoms with E-state index in [1.165, 1.54) is 0 Å². The van der Waals surface area contributed by atoms with E-state index in [1.54, 1.807) is 36.4 Å². The second kappa shape index (κ2) is 6.72. The molecule has 4 aromatic rings. The number of nitrogens with one attached hydrogen (secondary N) is 3. The first kappa shape index (κ1) is 16.5. The van der Waals surface area contributed by atoms with Crippen LogP contribution in [0.5, 0.6) is 0 Å². The molecule has 0 aliphatic heterocycles. The Morgan fingerprint density at radius 1 is 0.778 bits per heavy atom. The van der Waals surface area contributed by atoms with E-state index >= 15 is 0 Å². The summed E-state index contributed by atoms with van der Waals surface area (Å²) < 4.78 is 0. The zero-order valence-corrected chi connectivity index (χ0v) is 14.0. The number of carbonyl (C=O) groups excluding carboxylic acids is 2. The number of amides is 2. The number of benzene rings is 3. The van der Waals surface area contributed by atoms with E-state index in [1.807, 2.05) is 30.3 Å². The van der Waals surface area contributed by atoms with E-state index in [2.05, 4.69) is 21.0 Å².